The van der Waals surface area contributed by atoms with Crippen molar-refractivity contribution < 1.29 is 39.3 Å². The summed E-state index contributed by atoms with van der Waals surface area (Å²) < 4.78 is 0. The van der Waals surface area contributed by atoms with Crippen LogP contribution in [0.5, 0.6) is 0 Å². The number of hydrogen-bond donors (Lipinski definition) is 10. The number of primary amides is 1. The minimum Gasteiger partial charge on any atom is -0.480 e. The zero-order chi connectivity index (χ0) is 25.7. The van der Waals surface area contributed by atoms with E-state index in [1.165, 1.54) is 6.92 Å². The number of guanidine groups is 1. The Hall–Kier alpha value is -3.50. The lowest BCUT2D eigenvalue weighted by Gasteiger charge is -2.24. The number of carboxylic acids is 1. The number of hydrogen-bond acceptors (Lipinski definition) is 9. The largest absolute Gasteiger partial charge is 0.480 e. The van der Waals surface area contributed by atoms with Gasteiger partial charge < -0.3 is 54.2 Å². The quantitative estimate of drug-likeness (QED) is 0.0602. The molecule has 0 aromatic rings. The fourth-order valence-corrected chi connectivity index (χ4v) is 2.40. The van der Waals surface area contributed by atoms with Crippen molar-refractivity contribution in [2.24, 2.45) is 27.9 Å². The van der Waals surface area contributed by atoms with Crippen LogP contribution >= 0.6 is 0 Å². The van der Waals surface area contributed by atoms with Crippen LogP contribution in [0.15, 0.2) is 4.99 Å². The molecule has 188 valence electrons. The third-order valence-electron chi connectivity index (χ3n) is 4.24. The molecule has 0 fully saturated rings. The van der Waals surface area contributed by atoms with Crippen LogP contribution in [0.4, 0.5) is 0 Å². The van der Waals surface area contributed by atoms with Gasteiger partial charge >= 0.3 is 5.97 Å². The molecule has 0 aliphatic heterocycles. The molecular weight excluding hydrogens is 444 g/mol. The average molecular weight is 476 g/mol. The number of carbonyl (C=O) groups is 5. The summed E-state index contributed by atoms with van der Waals surface area (Å²) in [5.41, 5.74) is 20.9. The summed E-state index contributed by atoms with van der Waals surface area (Å²) in [5.74, 6) is -5.60. The fraction of sp³-hybridized carbons (Fsp3) is 0.647. The number of carbonyl (C=O) groups excluding carboxylic acids is 4. The van der Waals surface area contributed by atoms with Crippen LogP contribution in [0.3, 0.4) is 0 Å². The predicted octanol–water partition coefficient (Wildman–Crippen LogP) is -5.85. The summed E-state index contributed by atoms with van der Waals surface area (Å²) in [6, 6.07) is -5.91. The Balaban J connectivity index is 5.44. The van der Waals surface area contributed by atoms with Crippen LogP contribution in [0.2, 0.25) is 0 Å². The molecule has 0 spiro atoms. The van der Waals surface area contributed by atoms with Gasteiger partial charge in [0.15, 0.2) is 5.96 Å². The van der Waals surface area contributed by atoms with Gasteiger partial charge in [0.05, 0.1) is 19.1 Å². The predicted molar refractivity (Wildman–Crippen MR) is 114 cm³/mol. The van der Waals surface area contributed by atoms with E-state index >= 15 is 0 Å². The van der Waals surface area contributed by atoms with Gasteiger partial charge in [0.1, 0.15) is 24.2 Å². The van der Waals surface area contributed by atoms with Gasteiger partial charge in [-0.2, -0.15) is 0 Å². The third-order valence-corrected chi connectivity index (χ3v) is 4.24. The van der Waals surface area contributed by atoms with Gasteiger partial charge in [-0.1, -0.05) is 0 Å². The molecule has 0 bridgehead atoms. The number of aliphatic carboxylic acids is 1. The molecule has 33 heavy (non-hydrogen) atoms. The summed E-state index contributed by atoms with van der Waals surface area (Å²) in [5, 5.41) is 34.5. The number of aliphatic hydroxyl groups is 2. The van der Waals surface area contributed by atoms with E-state index < -0.39 is 72.9 Å². The van der Waals surface area contributed by atoms with Crippen LogP contribution < -0.4 is 38.9 Å². The average Bonchev–Trinajstić information content (AvgIpc) is 2.71. The second kappa shape index (κ2) is 14.5. The number of aliphatic imine (C=N–C) groups is 1. The number of nitrogens with one attached hydrogen (secondary N) is 3. The molecule has 0 aromatic carbocycles. The van der Waals surface area contributed by atoms with Gasteiger partial charge in [-0.15, -0.1) is 0 Å². The van der Waals surface area contributed by atoms with E-state index in [0.717, 1.165) is 0 Å². The molecule has 0 aliphatic rings. The highest BCUT2D eigenvalue weighted by Gasteiger charge is 2.31. The minimum atomic E-state index is -1.65. The normalized spacial score (nSPS) is 15.2. The van der Waals surface area contributed by atoms with E-state index in [1.807, 2.05) is 0 Å². The summed E-state index contributed by atoms with van der Waals surface area (Å²) in [6.07, 6.45) is -1.83. The van der Waals surface area contributed by atoms with Crippen LogP contribution in [0.25, 0.3) is 0 Å². The van der Waals surface area contributed by atoms with Crippen LogP contribution in [0, 0.1) is 0 Å². The monoisotopic (exact) mass is 476 g/mol. The SMILES string of the molecule is CC(O)C(N)C(=O)NC(CO)C(=O)NC(CCCN=C(N)N)C(=O)NC(CC(N)=O)C(=O)O. The van der Waals surface area contributed by atoms with Gasteiger partial charge in [0.2, 0.25) is 23.6 Å². The first-order chi connectivity index (χ1) is 15.3. The standard InChI is InChI=1S/C17H32N8O8/c1-7(27)12(19)15(31)25-10(6-26)14(30)23-8(3-2-4-22-17(20)21)13(29)24-9(16(32)33)5-11(18)28/h7-10,12,26-27H,2-6,19H2,1H3,(H2,18,28)(H,23,30)(H,24,29)(H,25,31)(H,32,33)(H4,20,21,22). The Kier molecular flexibility index (Phi) is 13.0. The van der Waals surface area contributed by atoms with E-state index in [-0.39, 0.29) is 25.3 Å². The lowest BCUT2D eigenvalue weighted by Crippen LogP contribution is -2.59. The van der Waals surface area contributed by atoms with E-state index in [2.05, 4.69) is 20.9 Å². The Bertz CT molecular complexity index is 741. The zero-order valence-corrected chi connectivity index (χ0v) is 18.1. The second-order valence-corrected chi connectivity index (χ2v) is 7.09. The fourth-order valence-electron chi connectivity index (χ4n) is 2.40. The molecule has 0 rings (SSSR count). The Labute approximate surface area is 189 Å². The minimum absolute atomic E-state index is 0.0729. The molecule has 0 heterocycles. The molecule has 0 aliphatic carbocycles. The Morgan fingerprint density at radius 3 is 1.88 bits per heavy atom. The molecule has 14 N–H and O–H groups in total. The molecule has 5 atom stereocenters. The first kappa shape index (κ1) is 29.5. The molecule has 5 unspecified atom stereocenters. The molecule has 0 saturated carbocycles. The zero-order valence-electron chi connectivity index (χ0n) is 18.1. The van der Waals surface area contributed by atoms with Gasteiger partial charge in [-0.05, 0) is 19.8 Å². The Morgan fingerprint density at radius 2 is 1.42 bits per heavy atom. The topological polar surface area (TPSA) is 299 Å². The number of amides is 4. The smallest absolute Gasteiger partial charge is 0.326 e. The molecular formula is C17H32N8O8. The number of nitrogens with two attached hydrogens (primary N) is 4. The van der Waals surface area contributed by atoms with Crippen molar-refractivity contribution in [2.75, 3.05) is 13.2 Å². The van der Waals surface area contributed by atoms with Crippen LogP contribution in [-0.2, 0) is 24.0 Å². The lowest BCUT2D eigenvalue weighted by atomic mass is 10.1. The molecule has 0 saturated heterocycles. The first-order valence-corrected chi connectivity index (χ1v) is 9.82. The van der Waals surface area contributed by atoms with E-state index in [0.29, 0.717) is 0 Å². The van der Waals surface area contributed by atoms with Crippen LogP contribution in [-0.4, -0.2) is 94.3 Å². The summed E-state index contributed by atoms with van der Waals surface area (Å²) >= 11 is 0. The van der Waals surface area contributed by atoms with Gasteiger partial charge in [-0.25, -0.2) is 4.79 Å². The highest BCUT2D eigenvalue weighted by molar-refractivity contribution is 5.95. The van der Waals surface area contributed by atoms with Crippen molar-refractivity contribution in [3.05, 3.63) is 0 Å². The molecule has 0 aromatic heterocycles. The van der Waals surface area contributed by atoms with E-state index in [9.17, 15) is 34.2 Å². The number of nitrogens with zero attached hydrogens (tertiary/aromatic N) is 1. The van der Waals surface area contributed by atoms with Crippen molar-refractivity contribution in [3.63, 3.8) is 0 Å². The first-order valence-electron chi connectivity index (χ1n) is 9.82. The molecule has 16 nitrogen and oxygen atoms in total. The lowest BCUT2D eigenvalue weighted by molar-refractivity contribution is -0.143. The highest BCUT2D eigenvalue weighted by Crippen LogP contribution is 2.03. The van der Waals surface area contributed by atoms with Crippen molar-refractivity contribution in [1.29, 1.82) is 0 Å². The Morgan fingerprint density at radius 1 is 0.909 bits per heavy atom. The maximum atomic E-state index is 12.6. The molecule has 16 heteroatoms. The van der Waals surface area contributed by atoms with E-state index in [1.54, 1.807) is 0 Å². The summed E-state index contributed by atoms with van der Waals surface area (Å²) in [7, 11) is 0. The molecule has 4 amide bonds. The van der Waals surface area contributed by atoms with E-state index in [4.69, 9.17) is 28.0 Å². The number of aliphatic hydroxyl groups excluding tert-OH is 2. The van der Waals surface area contributed by atoms with Gasteiger partial charge in [0, 0.05) is 6.54 Å². The summed E-state index contributed by atoms with van der Waals surface area (Å²) in [6.45, 7) is 0.459. The van der Waals surface area contributed by atoms with Gasteiger partial charge in [-0.3, -0.25) is 24.2 Å². The van der Waals surface area contributed by atoms with Crippen molar-refractivity contribution in [3.8, 4) is 0 Å². The highest BCUT2D eigenvalue weighted by atomic mass is 16.4. The van der Waals surface area contributed by atoms with Crippen molar-refractivity contribution in [2.45, 2.75) is 56.5 Å². The second-order valence-electron chi connectivity index (χ2n) is 7.09. The number of rotatable bonds is 15. The number of carboxylic acid groups (broad SMARTS) is 1. The van der Waals surface area contributed by atoms with Gasteiger partial charge in [0.25, 0.3) is 0 Å². The summed E-state index contributed by atoms with van der Waals surface area (Å²) in [4.78, 5) is 63.2. The van der Waals surface area contributed by atoms with Crippen molar-refractivity contribution >= 4 is 35.6 Å². The maximum Gasteiger partial charge on any atom is 0.326 e. The third kappa shape index (κ3) is 11.6. The molecule has 0 radical (unpaired) electrons. The maximum absolute atomic E-state index is 12.6. The van der Waals surface area contributed by atoms with Crippen molar-refractivity contribution in [1.82, 2.24) is 16.0 Å². The van der Waals surface area contributed by atoms with Crippen LogP contribution in [0.1, 0.15) is 26.2 Å².